The van der Waals surface area contributed by atoms with Gasteiger partial charge in [-0.25, -0.2) is 0 Å². The first kappa shape index (κ1) is 16.8. The molecule has 3 heterocycles. The lowest BCUT2D eigenvalue weighted by Crippen LogP contribution is -2.22. The molecule has 0 saturated carbocycles. The number of H-pyrrole nitrogens is 1. The summed E-state index contributed by atoms with van der Waals surface area (Å²) in [6, 6.07) is 12.1. The molecule has 27 heavy (non-hydrogen) atoms. The molecule has 0 bridgehead atoms. The summed E-state index contributed by atoms with van der Waals surface area (Å²) in [5.41, 5.74) is 3.76. The second kappa shape index (κ2) is 6.57. The van der Waals surface area contributed by atoms with Crippen LogP contribution in [0.1, 0.15) is 36.5 Å². The minimum Gasteiger partial charge on any atom is -0.338 e. The highest BCUT2D eigenvalue weighted by atomic mass is 16.1. The van der Waals surface area contributed by atoms with E-state index in [0.717, 1.165) is 11.1 Å². The zero-order valence-corrected chi connectivity index (χ0v) is 15.0. The number of hydrogen-bond acceptors (Lipinski definition) is 4. The third kappa shape index (κ3) is 2.91. The largest absolute Gasteiger partial charge is 0.338 e. The Morgan fingerprint density at radius 2 is 1.96 bits per heavy atom. The van der Waals surface area contributed by atoms with E-state index in [4.69, 9.17) is 0 Å². The summed E-state index contributed by atoms with van der Waals surface area (Å²) >= 11 is 0. The zero-order valence-electron chi connectivity index (χ0n) is 15.0. The summed E-state index contributed by atoms with van der Waals surface area (Å²) in [6.45, 7) is 4.56. The average Bonchev–Trinajstić information content (AvgIpc) is 3.28. The van der Waals surface area contributed by atoms with E-state index in [9.17, 15) is 10.1 Å². The van der Waals surface area contributed by atoms with Crippen LogP contribution in [0.3, 0.4) is 0 Å². The van der Waals surface area contributed by atoms with Crippen molar-refractivity contribution in [3.63, 3.8) is 0 Å². The minimum atomic E-state index is -0.217. The van der Waals surface area contributed by atoms with E-state index < -0.39 is 0 Å². The standard InChI is InChI=1S/C20H18N6O/c1-13(2)17-18(24-19-15(8-21)9-23-26(19)20(17)27)16-10-22-25(12-16)11-14-6-4-3-5-7-14/h3-7,9-10,12-13,24H,11H2,1-2H3. The molecule has 0 spiro atoms. The smallest absolute Gasteiger partial charge is 0.278 e. The van der Waals surface area contributed by atoms with Crippen LogP contribution >= 0.6 is 0 Å². The van der Waals surface area contributed by atoms with E-state index in [1.54, 1.807) is 6.20 Å². The Bertz CT molecular complexity index is 1210. The van der Waals surface area contributed by atoms with Gasteiger partial charge in [-0.3, -0.25) is 9.48 Å². The third-order valence-electron chi connectivity index (χ3n) is 4.51. The minimum absolute atomic E-state index is 0.0136. The van der Waals surface area contributed by atoms with Crippen LogP contribution in [0, 0.1) is 11.3 Å². The molecular weight excluding hydrogens is 340 g/mol. The molecule has 0 atom stereocenters. The van der Waals surface area contributed by atoms with Gasteiger partial charge in [-0.15, -0.1) is 0 Å². The van der Waals surface area contributed by atoms with E-state index in [1.807, 2.05) is 55.1 Å². The second-order valence-electron chi connectivity index (χ2n) is 6.72. The number of rotatable bonds is 4. The first-order chi connectivity index (χ1) is 13.1. The van der Waals surface area contributed by atoms with Gasteiger partial charge in [-0.1, -0.05) is 44.2 Å². The van der Waals surface area contributed by atoms with Crippen molar-refractivity contribution in [2.24, 2.45) is 0 Å². The van der Waals surface area contributed by atoms with Crippen LogP contribution in [0.4, 0.5) is 0 Å². The number of aromatic amines is 1. The van der Waals surface area contributed by atoms with Gasteiger partial charge in [0.25, 0.3) is 5.56 Å². The molecular formula is C20H18N6O. The van der Waals surface area contributed by atoms with Gasteiger partial charge >= 0.3 is 0 Å². The Hall–Kier alpha value is -3.66. The molecule has 4 rings (SSSR count). The van der Waals surface area contributed by atoms with Crippen molar-refractivity contribution in [3.05, 3.63) is 76.0 Å². The molecule has 0 amide bonds. The predicted molar refractivity (Wildman–Crippen MR) is 101 cm³/mol. The number of benzene rings is 1. The van der Waals surface area contributed by atoms with Gasteiger partial charge in [-0.2, -0.15) is 20.0 Å². The molecule has 0 saturated heterocycles. The van der Waals surface area contributed by atoms with E-state index in [1.165, 1.54) is 10.7 Å². The summed E-state index contributed by atoms with van der Waals surface area (Å²) in [4.78, 5) is 16.2. The van der Waals surface area contributed by atoms with Crippen molar-refractivity contribution in [1.82, 2.24) is 24.4 Å². The number of nitrogens with zero attached hydrogens (tertiary/aromatic N) is 5. The quantitative estimate of drug-likeness (QED) is 0.607. The Labute approximate surface area is 155 Å². The van der Waals surface area contributed by atoms with Crippen LogP contribution in [-0.2, 0) is 6.54 Å². The lowest BCUT2D eigenvalue weighted by atomic mass is 10.00. The monoisotopic (exact) mass is 358 g/mol. The maximum Gasteiger partial charge on any atom is 0.278 e. The predicted octanol–water partition coefficient (Wildman–Crippen LogP) is 2.93. The van der Waals surface area contributed by atoms with Crippen LogP contribution in [-0.4, -0.2) is 24.4 Å². The Morgan fingerprint density at radius 3 is 2.67 bits per heavy atom. The van der Waals surface area contributed by atoms with E-state index in [-0.39, 0.29) is 11.5 Å². The van der Waals surface area contributed by atoms with Gasteiger partial charge in [0.2, 0.25) is 0 Å². The maximum atomic E-state index is 12.9. The van der Waals surface area contributed by atoms with Crippen molar-refractivity contribution >= 4 is 5.65 Å². The van der Waals surface area contributed by atoms with Crippen LogP contribution < -0.4 is 5.56 Å². The number of nitriles is 1. The zero-order chi connectivity index (χ0) is 19.0. The van der Waals surface area contributed by atoms with E-state index >= 15 is 0 Å². The number of hydrogen-bond donors (Lipinski definition) is 1. The summed E-state index contributed by atoms with van der Waals surface area (Å²) in [6.07, 6.45) is 5.04. The fraction of sp³-hybridized carbons (Fsp3) is 0.200. The number of fused-ring (bicyclic) bond motifs is 1. The first-order valence-corrected chi connectivity index (χ1v) is 8.69. The fourth-order valence-electron chi connectivity index (χ4n) is 3.22. The highest BCUT2D eigenvalue weighted by molar-refractivity contribution is 5.67. The summed E-state index contributed by atoms with van der Waals surface area (Å²) < 4.78 is 3.09. The van der Waals surface area contributed by atoms with E-state index in [2.05, 4.69) is 21.3 Å². The van der Waals surface area contributed by atoms with Gasteiger partial charge in [-0.05, 0) is 11.5 Å². The summed E-state index contributed by atoms with van der Waals surface area (Å²) in [5, 5.41) is 17.8. The van der Waals surface area contributed by atoms with Crippen LogP contribution in [0.5, 0.6) is 0 Å². The van der Waals surface area contributed by atoms with Gasteiger partial charge in [0.05, 0.1) is 24.6 Å². The summed E-state index contributed by atoms with van der Waals surface area (Å²) in [5.74, 6) is -0.0136. The Balaban J connectivity index is 1.85. The molecule has 0 aliphatic rings. The molecule has 1 N–H and O–H groups in total. The third-order valence-corrected chi connectivity index (χ3v) is 4.51. The lowest BCUT2D eigenvalue weighted by molar-refractivity contribution is 0.687. The highest BCUT2D eigenvalue weighted by Gasteiger charge is 2.20. The van der Waals surface area contributed by atoms with Gasteiger partial charge in [0.1, 0.15) is 11.6 Å². The molecule has 0 aliphatic heterocycles. The molecule has 0 unspecified atom stereocenters. The van der Waals surface area contributed by atoms with Gasteiger partial charge in [0.15, 0.2) is 5.65 Å². The van der Waals surface area contributed by atoms with Gasteiger partial charge < -0.3 is 4.98 Å². The van der Waals surface area contributed by atoms with Crippen molar-refractivity contribution in [2.75, 3.05) is 0 Å². The van der Waals surface area contributed by atoms with Crippen LogP contribution in [0.25, 0.3) is 16.9 Å². The summed E-state index contributed by atoms with van der Waals surface area (Å²) in [7, 11) is 0. The number of nitrogens with one attached hydrogen (secondary N) is 1. The molecule has 0 aliphatic carbocycles. The highest BCUT2D eigenvalue weighted by Crippen LogP contribution is 2.26. The fourth-order valence-corrected chi connectivity index (χ4v) is 3.22. The molecule has 0 fully saturated rings. The molecule has 4 aromatic rings. The SMILES string of the molecule is CC(C)c1c(-c2cnn(Cc3ccccc3)c2)[nH]c2c(C#N)cnn2c1=O. The lowest BCUT2D eigenvalue weighted by Gasteiger charge is -2.11. The maximum absolute atomic E-state index is 12.9. The van der Waals surface area contributed by atoms with Crippen LogP contribution in [0.2, 0.25) is 0 Å². The first-order valence-electron chi connectivity index (χ1n) is 8.69. The molecule has 1 aromatic carbocycles. The molecule has 7 heteroatoms. The van der Waals surface area contributed by atoms with E-state index in [0.29, 0.717) is 29.0 Å². The van der Waals surface area contributed by atoms with Crippen molar-refractivity contribution in [2.45, 2.75) is 26.3 Å². The Morgan fingerprint density at radius 1 is 1.19 bits per heavy atom. The molecule has 134 valence electrons. The molecule has 7 nitrogen and oxygen atoms in total. The Kier molecular flexibility index (Phi) is 4.09. The molecule has 3 aromatic heterocycles. The topological polar surface area (TPSA) is 91.8 Å². The second-order valence-corrected chi connectivity index (χ2v) is 6.72. The van der Waals surface area contributed by atoms with Crippen molar-refractivity contribution < 1.29 is 0 Å². The van der Waals surface area contributed by atoms with Gasteiger partial charge in [0, 0.05) is 17.3 Å². The normalized spacial score (nSPS) is 11.2. The van der Waals surface area contributed by atoms with Crippen molar-refractivity contribution in [1.29, 1.82) is 5.26 Å². The van der Waals surface area contributed by atoms with Crippen LogP contribution in [0.15, 0.2) is 53.7 Å². The number of aromatic nitrogens is 5. The van der Waals surface area contributed by atoms with Crippen molar-refractivity contribution in [3.8, 4) is 17.3 Å². The average molecular weight is 358 g/mol. The molecule has 0 radical (unpaired) electrons.